The molecule has 1 aromatic carbocycles. The van der Waals surface area contributed by atoms with E-state index in [1.165, 1.54) is 12.1 Å². The van der Waals surface area contributed by atoms with Crippen LogP contribution in [-0.2, 0) is 9.59 Å². The smallest absolute Gasteiger partial charge is 0.326 e. The maximum atomic E-state index is 13.7. The van der Waals surface area contributed by atoms with Gasteiger partial charge in [-0.1, -0.05) is 61.9 Å². The maximum absolute atomic E-state index is 13.7. The Labute approximate surface area is 143 Å². The average Bonchev–Trinajstić information content (AvgIpc) is 2.77. The van der Waals surface area contributed by atoms with Gasteiger partial charge in [0.05, 0.1) is 4.91 Å². The van der Waals surface area contributed by atoms with Crippen molar-refractivity contribution in [2.75, 3.05) is 0 Å². The number of nitrogens with zero attached hydrogens (tertiary/aromatic N) is 1. The standard InChI is InChI=1S/C16H16FNO3S2/c1-2-3-8-12(15(20)21)18-14(19)13(23-16(18)22)9-10-6-4-5-7-11(10)17/h4-7,9,12H,2-3,8H2,1H3,(H,20,21)/b13-9-. The number of thiocarbonyl (C=S) groups is 1. The van der Waals surface area contributed by atoms with Crippen LogP contribution in [0.5, 0.6) is 0 Å². The van der Waals surface area contributed by atoms with E-state index in [2.05, 4.69) is 0 Å². The van der Waals surface area contributed by atoms with E-state index in [0.29, 0.717) is 12.8 Å². The van der Waals surface area contributed by atoms with Crippen molar-refractivity contribution in [2.45, 2.75) is 32.2 Å². The van der Waals surface area contributed by atoms with Crippen LogP contribution in [0.4, 0.5) is 4.39 Å². The van der Waals surface area contributed by atoms with Crippen LogP contribution in [-0.4, -0.2) is 32.2 Å². The normalized spacial score (nSPS) is 17.8. The van der Waals surface area contributed by atoms with Crippen LogP contribution in [0.1, 0.15) is 31.7 Å². The van der Waals surface area contributed by atoms with Gasteiger partial charge in [-0.15, -0.1) is 0 Å². The van der Waals surface area contributed by atoms with E-state index in [-0.39, 0.29) is 14.8 Å². The lowest BCUT2D eigenvalue weighted by atomic mass is 10.1. The summed E-state index contributed by atoms with van der Waals surface area (Å²) >= 11 is 6.16. The topological polar surface area (TPSA) is 57.6 Å². The van der Waals surface area contributed by atoms with Gasteiger partial charge in [0, 0.05) is 5.56 Å². The molecule has 0 spiro atoms. The second-order valence-corrected chi connectivity index (χ2v) is 6.75. The summed E-state index contributed by atoms with van der Waals surface area (Å²) < 4.78 is 13.9. The highest BCUT2D eigenvalue weighted by Crippen LogP contribution is 2.35. The minimum atomic E-state index is -1.08. The first kappa shape index (κ1) is 17.6. The van der Waals surface area contributed by atoms with Gasteiger partial charge in [-0.05, 0) is 18.6 Å². The van der Waals surface area contributed by atoms with Crippen molar-refractivity contribution in [3.8, 4) is 0 Å². The number of amides is 1. The molecule has 0 aliphatic carbocycles. The van der Waals surface area contributed by atoms with Gasteiger partial charge < -0.3 is 5.11 Å². The Balaban J connectivity index is 2.29. The van der Waals surface area contributed by atoms with Gasteiger partial charge in [-0.25, -0.2) is 9.18 Å². The Morgan fingerprint density at radius 1 is 1.48 bits per heavy atom. The van der Waals surface area contributed by atoms with Gasteiger partial charge in [0.2, 0.25) is 0 Å². The molecule has 1 aliphatic heterocycles. The second-order valence-electron chi connectivity index (χ2n) is 5.07. The number of thioether (sulfide) groups is 1. The van der Waals surface area contributed by atoms with Gasteiger partial charge in [-0.2, -0.15) is 0 Å². The lowest BCUT2D eigenvalue weighted by Crippen LogP contribution is -2.43. The molecule has 1 saturated heterocycles. The summed E-state index contributed by atoms with van der Waals surface area (Å²) in [7, 11) is 0. The molecule has 1 aromatic rings. The molecule has 0 bridgehead atoms. The fourth-order valence-corrected chi connectivity index (χ4v) is 3.59. The number of unbranched alkanes of at least 4 members (excludes halogenated alkanes) is 1. The number of carboxylic acid groups (broad SMARTS) is 1. The number of carboxylic acids is 1. The molecule has 1 atom stereocenters. The number of hydrogen-bond acceptors (Lipinski definition) is 4. The first-order chi connectivity index (χ1) is 11.0. The molecule has 1 heterocycles. The summed E-state index contributed by atoms with van der Waals surface area (Å²) in [6.45, 7) is 1.95. The Morgan fingerprint density at radius 3 is 2.78 bits per heavy atom. The average molecular weight is 353 g/mol. The number of benzene rings is 1. The number of carbonyl (C=O) groups is 2. The van der Waals surface area contributed by atoms with Crippen molar-refractivity contribution in [3.05, 3.63) is 40.6 Å². The van der Waals surface area contributed by atoms with Gasteiger partial charge >= 0.3 is 5.97 Å². The summed E-state index contributed by atoms with van der Waals surface area (Å²) in [5.74, 6) is -2.01. The lowest BCUT2D eigenvalue weighted by molar-refractivity contribution is -0.145. The molecule has 4 nitrogen and oxygen atoms in total. The first-order valence-electron chi connectivity index (χ1n) is 7.20. The van der Waals surface area contributed by atoms with Crippen molar-refractivity contribution in [3.63, 3.8) is 0 Å². The predicted molar refractivity (Wildman–Crippen MR) is 92.4 cm³/mol. The number of halogens is 1. The molecule has 1 fully saturated rings. The molecule has 0 radical (unpaired) electrons. The molecular formula is C16H16FNO3S2. The highest BCUT2D eigenvalue weighted by atomic mass is 32.2. The van der Waals surface area contributed by atoms with Gasteiger partial charge in [-0.3, -0.25) is 9.69 Å². The fourth-order valence-electron chi connectivity index (χ4n) is 2.24. The monoisotopic (exact) mass is 353 g/mol. The highest BCUT2D eigenvalue weighted by Gasteiger charge is 2.40. The van der Waals surface area contributed by atoms with Crippen LogP contribution in [0.2, 0.25) is 0 Å². The number of carbonyl (C=O) groups excluding carboxylic acids is 1. The second kappa shape index (κ2) is 7.70. The number of rotatable bonds is 6. The van der Waals surface area contributed by atoms with Crippen molar-refractivity contribution in [1.29, 1.82) is 0 Å². The number of hydrogen-bond donors (Lipinski definition) is 1. The quantitative estimate of drug-likeness (QED) is 0.625. The van der Waals surface area contributed by atoms with E-state index < -0.39 is 23.7 Å². The lowest BCUT2D eigenvalue weighted by Gasteiger charge is -2.22. The molecule has 1 aliphatic rings. The molecule has 1 unspecified atom stereocenters. The highest BCUT2D eigenvalue weighted by molar-refractivity contribution is 8.26. The van der Waals surface area contributed by atoms with Crippen molar-refractivity contribution >= 4 is 46.3 Å². The summed E-state index contributed by atoms with van der Waals surface area (Å²) in [5.41, 5.74) is 0.272. The summed E-state index contributed by atoms with van der Waals surface area (Å²) in [5, 5.41) is 9.37. The minimum absolute atomic E-state index is 0.195. The van der Waals surface area contributed by atoms with Gasteiger partial charge in [0.15, 0.2) is 0 Å². The van der Waals surface area contributed by atoms with E-state index in [1.54, 1.807) is 18.2 Å². The minimum Gasteiger partial charge on any atom is -0.480 e. The Morgan fingerprint density at radius 2 is 2.17 bits per heavy atom. The molecule has 7 heteroatoms. The van der Waals surface area contributed by atoms with Crippen molar-refractivity contribution in [2.24, 2.45) is 0 Å². The van der Waals surface area contributed by atoms with Crippen molar-refractivity contribution < 1.29 is 19.1 Å². The van der Waals surface area contributed by atoms with Crippen LogP contribution in [0.15, 0.2) is 29.2 Å². The third-order valence-electron chi connectivity index (χ3n) is 3.44. The molecule has 0 saturated carbocycles. The SMILES string of the molecule is CCCCC(C(=O)O)N1C(=O)/C(=C/c2ccccc2F)SC1=S. The Kier molecular flexibility index (Phi) is 5.90. The molecule has 1 amide bonds. The molecular weight excluding hydrogens is 337 g/mol. The molecule has 1 N–H and O–H groups in total. The maximum Gasteiger partial charge on any atom is 0.326 e. The van der Waals surface area contributed by atoms with Crippen LogP contribution in [0.25, 0.3) is 6.08 Å². The van der Waals surface area contributed by atoms with Crippen LogP contribution in [0, 0.1) is 5.82 Å². The Hall–Kier alpha value is -1.73. The zero-order chi connectivity index (χ0) is 17.0. The fraction of sp³-hybridized carbons (Fsp3) is 0.312. The van der Waals surface area contributed by atoms with Crippen LogP contribution >= 0.6 is 24.0 Å². The van der Waals surface area contributed by atoms with E-state index in [0.717, 1.165) is 23.1 Å². The zero-order valence-corrected chi connectivity index (χ0v) is 14.1. The van der Waals surface area contributed by atoms with E-state index in [1.807, 2.05) is 6.92 Å². The molecule has 2 rings (SSSR count). The van der Waals surface area contributed by atoms with Crippen LogP contribution < -0.4 is 0 Å². The predicted octanol–water partition coefficient (Wildman–Crippen LogP) is 3.67. The molecule has 122 valence electrons. The summed E-state index contributed by atoms with van der Waals surface area (Å²) in [6, 6.07) is 5.09. The third kappa shape index (κ3) is 3.97. The van der Waals surface area contributed by atoms with E-state index in [4.69, 9.17) is 12.2 Å². The summed E-state index contributed by atoms with van der Waals surface area (Å²) in [6.07, 6.45) is 3.25. The van der Waals surface area contributed by atoms with E-state index in [9.17, 15) is 19.1 Å². The molecule has 23 heavy (non-hydrogen) atoms. The van der Waals surface area contributed by atoms with Gasteiger partial charge in [0.1, 0.15) is 16.2 Å². The van der Waals surface area contributed by atoms with Crippen LogP contribution in [0.3, 0.4) is 0 Å². The summed E-state index contributed by atoms with van der Waals surface area (Å²) in [4.78, 5) is 25.3. The van der Waals surface area contributed by atoms with Crippen molar-refractivity contribution in [1.82, 2.24) is 4.90 Å². The number of aliphatic carboxylic acids is 1. The third-order valence-corrected chi connectivity index (χ3v) is 4.77. The largest absolute Gasteiger partial charge is 0.480 e. The molecule has 0 aromatic heterocycles. The zero-order valence-electron chi connectivity index (χ0n) is 12.5. The first-order valence-corrected chi connectivity index (χ1v) is 8.42. The van der Waals surface area contributed by atoms with E-state index >= 15 is 0 Å². The Bertz CT molecular complexity index is 675. The van der Waals surface area contributed by atoms with Gasteiger partial charge in [0.25, 0.3) is 5.91 Å².